The van der Waals surface area contributed by atoms with Crippen LogP contribution in [0.1, 0.15) is 17.6 Å². The van der Waals surface area contributed by atoms with Crippen LogP contribution in [0, 0.1) is 0 Å². The molecule has 1 aromatic carbocycles. The number of aryl methyl sites for hydroxylation is 1. The zero-order valence-corrected chi connectivity index (χ0v) is 16.5. The van der Waals surface area contributed by atoms with Crippen molar-refractivity contribution < 1.29 is 8.42 Å². The van der Waals surface area contributed by atoms with Gasteiger partial charge in [-0.15, -0.1) is 11.3 Å². The number of halogens is 1. The summed E-state index contributed by atoms with van der Waals surface area (Å²) in [5.74, 6) is 0.631. The molecule has 0 bridgehead atoms. The highest BCUT2D eigenvalue weighted by Gasteiger charge is 2.20. The van der Waals surface area contributed by atoms with Crippen LogP contribution < -0.4 is 0 Å². The summed E-state index contributed by atoms with van der Waals surface area (Å²) in [4.78, 5) is 5.84. The smallest absolute Gasteiger partial charge is 0.242 e. The molecule has 0 aliphatic heterocycles. The van der Waals surface area contributed by atoms with Gasteiger partial charge in [0.2, 0.25) is 10.0 Å². The number of sulfonamides is 1. The molecule has 132 valence electrons. The highest BCUT2D eigenvalue weighted by atomic mass is 35.5. The standard InChI is InChI=1S/C17H18ClN3O2S2/c1-4-21-16-8-7-13(25(22,23)20(2)3)11-15(16)19-17(21)14(18)10-12-6-5-9-24-12/h5-11H,4H2,1-3H3. The van der Waals surface area contributed by atoms with Crippen molar-refractivity contribution in [1.82, 2.24) is 13.9 Å². The summed E-state index contributed by atoms with van der Waals surface area (Å²) in [5.41, 5.74) is 1.46. The third kappa shape index (κ3) is 3.37. The molecule has 2 heterocycles. The van der Waals surface area contributed by atoms with Crippen molar-refractivity contribution in [3.05, 3.63) is 46.4 Å². The molecule has 0 fully saturated rings. The molecule has 0 saturated carbocycles. The quantitative estimate of drug-likeness (QED) is 0.653. The van der Waals surface area contributed by atoms with E-state index in [1.54, 1.807) is 29.5 Å². The fourth-order valence-electron chi connectivity index (χ4n) is 2.55. The summed E-state index contributed by atoms with van der Waals surface area (Å²) in [6.45, 7) is 2.69. The summed E-state index contributed by atoms with van der Waals surface area (Å²) < 4.78 is 27.8. The molecule has 3 aromatic rings. The number of thiophene rings is 1. The Morgan fingerprint density at radius 3 is 2.72 bits per heavy atom. The maximum Gasteiger partial charge on any atom is 0.242 e. The number of aromatic nitrogens is 2. The van der Waals surface area contributed by atoms with Gasteiger partial charge in [-0.1, -0.05) is 17.7 Å². The molecular weight excluding hydrogens is 378 g/mol. The van der Waals surface area contributed by atoms with E-state index in [1.165, 1.54) is 18.4 Å². The fourth-order valence-corrected chi connectivity index (χ4v) is 4.45. The lowest BCUT2D eigenvalue weighted by molar-refractivity contribution is 0.521. The Labute approximate surface area is 156 Å². The van der Waals surface area contributed by atoms with Crippen molar-refractivity contribution in [2.45, 2.75) is 18.4 Å². The molecule has 2 aromatic heterocycles. The lowest BCUT2D eigenvalue weighted by atomic mass is 10.3. The maximum absolute atomic E-state index is 12.3. The normalized spacial score (nSPS) is 13.1. The van der Waals surface area contributed by atoms with Gasteiger partial charge in [0.05, 0.1) is 21.0 Å². The Bertz CT molecular complexity index is 1040. The molecule has 0 atom stereocenters. The van der Waals surface area contributed by atoms with Gasteiger partial charge in [-0.2, -0.15) is 0 Å². The molecule has 0 spiro atoms. The van der Waals surface area contributed by atoms with E-state index in [0.717, 1.165) is 10.4 Å². The Balaban J connectivity index is 2.15. The first-order valence-electron chi connectivity index (χ1n) is 7.68. The van der Waals surface area contributed by atoms with Crippen molar-refractivity contribution in [1.29, 1.82) is 0 Å². The summed E-state index contributed by atoms with van der Waals surface area (Å²) in [5, 5.41) is 2.51. The lowest BCUT2D eigenvalue weighted by Gasteiger charge is -2.11. The van der Waals surface area contributed by atoms with Gasteiger partial charge in [-0.3, -0.25) is 0 Å². The van der Waals surface area contributed by atoms with Crippen molar-refractivity contribution in [2.75, 3.05) is 14.1 Å². The van der Waals surface area contributed by atoms with Crippen molar-refractivity contribution >= 4 is 55.1 Å². The average molecular weight is 396 g/mol. The summed E-state index contributed by atoms with van der Waals surface area (Å²) in [6, 6.07) is 8.92. The van der Waals surface area contributed by atoms with E-state index in [2.05, 4.69) is 4.98 Å². The molecule has 5 nitrogen and oxygen atoms in total. The zero-order chi connectivity index (χ0) is 18.2. The largest absolute Gasteiger partial charge is 0.324 e. The van der Waals surface area contributed by atoms with Gasteiger partial charge >= 0.3 is 0 Å². The second kappa shape index (κ2) is 6.92. The lowest BCUT2D eigenvalue weighted by Crippen LogP contribution is -2.22. The van der Waals surface area contributed by atoms with Crippen molar-refractivity contribution in [3.63, 3.8) is 0 Å². The second-order valence-electron chi connectivity index (χ2n) is 5.63. The number of fused-ring (bicyclic) bond motifs is 1. The maximum atomic E-state index is 12.3. The van der Waals surface area contributed by atoms with E-state index in [9.17, 15) is 8.42 Å². The predicted octanol–water partition coefficient (Wildman–Crippen LogP) is 4.10. The van der Waals surface area contributed by atoms with E-state index in [1.807, 2.05) is 35.1 Å². The zero-order valence-electron chi connectivity index (χ0n) is 14.1. The van der Waals surface area contributed by atoms with Crippen LogP contribution in [0.2, 0.25) is 0 Å². The molecule has 8 heteroatoms. The molecule has 0 aliphatic carbocycles. The van der Waals surface area contributed by atoms with Gasteiger partial charge in [0.1, 0.15) is 0 Å². The van der Waals surface area contributed by atoms with E-state index >= 15 is 0 Å². The molecule has 3 rings (SSSR count). The van der Waals surface area contributed by atoms with Crippen LogP contribution in [0.15, 0.2) is 40.6 Å². The Kier molecular flexibility index (Phi) is 5.02. The van der Waals surface area contributed by atoms with E-state index in [0.29, 0.717) is 22.9 Å². The van der Waals surface area contributed by atoms with Gasteiger partial charge in [0.25, 0.3) is 0 Å². The number of benzene rings is 1. The van der Waals surface area contributed by atoms with E-state index in [4.69, 9.17) is 11.6 Å². The molecule has 0 unspecified atom stereocenters. The van der Waals surface area contributed by atoms with Crippen LogP contribution >= 0.6 is 22.9 Å². The van der Waals surface area contributed by atoms with E-state index in [-0.39, 0.29) is 4.90 Å². The number of hydrogen-bond donors (Lipinski definition) is 0. The molecule has 0 amide bonds. The Morgan fingerprint density at radius 1 is 1.36 bits per heavy atom. The first-order valence-corrected chi connectivity index (χ1v) is 10.4. The van der Waals surface area contributed by atoms with Crippen LogP contribution in [0.5, 0.6) is 0 Å². The van der Waals surface area contributed by atoms with Gasteiger partial charge in [-0.05, 0) is 42.6 Å². The minimum Gasteiger partial charge on any atom is -0.324 e. The summed E-state index contributed by atoms with van der Waals surface area (Å²) in [6.07, 6.45) is 1.87. The summed E-state index contributed by atoms with van der Waals surface area (Å²) >= 11 is 8.08. The van der Waals surface area contributed by atoms with Crippen LogP contribution in [-0.4, -0.2) is 36.4 Å². The van der Waals surface area contributed by atoms with Gasteiger partial charge in [0, 0.05) is 25.5 Å². The average Bonchev–Trinajstić information content (AvgIpc) is 3.20. The third-order valence-electron chi connectivity index (χ3n) is 3.84. The molecule has 0 N–H and O–H groups in total. The van der Waals surface area contributed by atoms with Crippen molar-refractivity contribution in [2.24, 2.45) is 0 Å². The molecule has 0 radical (unpaired) electrons. The first-order chi connectivity index (χ1) is 11.8. The molecule has 0 saturated heterocycles. The van der Waals surface area contributed by atoms with Gasteiger partial charge < -0.3 is 4.57 Å². The second-order valence-corrected chi connectivity index (χ2v) is 9.16. The van der Waals surface area contributed by atoms with Gasteiger partial charge in [-0.25, -0.2) is 17.7 Å². The molecular formula is C17H18ClN3O2S2. The summed E-state index contributed by atoms with van der Waals surface area (Å²) in [7, 11) is -0.481. The highest BCUT2D eigenvalue weighted by molar-refractivity contribution is 7.89. The number of nitrogens with zero attached hydrogens (tertiary/aromatic N) is 3. The number of rotatable bonds is 5. The minimum atomic E-state index is -3.50. The molecule has 0 aliphatic rings. The van der Waals surface area contributed by atoms with Crippen LogP contribution in [-0.2, 0) is 16.6 Å². The van der Waals surface area contributed by atoms with Crippen LogP contribution in [0.25, 0.3) is 22.1 Å². The van der Waals surface area contributed by atoms with Gasteiger partial charge in [0.15, 0.2) is 5.82 Å². The first kappa shape index (κ1) is 18.1. The monoisotopic (exact) mass is 395 g/mol. The minimum absolute atomic E-state index is 0.218. The van der Waals surface area contributed by atoms with Crippen molar-refractivity contribution in [3.8, 4) is 0 Å². The Hall–Kier alpha value is -1.67. The SMILES string of the molecule is CCn1c(C(Cl)=Cc2cccs2)nc2cc(S(=O)(=O)N(C)C)ccc21. The Morgan fingerprint density at radius 2 is 2.12 bits per heavy atom. The predicted molar refractivity (Wildman–Crippen MR) is 104 cm³/mol. The fraction of sp³-hybridized carbons (Fsp3) is 0.235. The number of imidazole rings is 1. The molecule has 25 heavy (non-hydrogen) atoms. The van der Waals surface area contributed by atoms with Crippen LogP contribution in [0.3, 0.4) is 0 Å². The number of hydrogen-bond acceptors (Lipinski definition) is 4. The van der Waals surface area contributed by atoms with E-state index < -0.39 is 10.0 Å². The third-order valence-corrected chi connectivity index (χ3v) is 6.75. The van der Waals surface area contributed by atoms with Crippen LogP contribution in [0.4, 0.5) is 0 Å². The topological polar surface area (TPSA) is 55.2 Å². The highest BCUT2D eigenvalue weighted by Crippen LogP contribution is 2.29.